The molecular weight excluding hydrogens is 333 g/mol. The fraction of sp³-hybridized carbons (Fsp3) is 0.250. The zero-order valence-electron chi connectivity index (χ0n) is 12.5. The third kappa shape index (κ3) is 3.01. The number of aliphatic hydroxyl groups is 1. The maximum atomic E-state index is 13.5. The van der Waals surface area contributed by atoms with Crippen molar-refractivity contribution in [2.45, 2.75) is 23.5 Å². The van der Waals surface area contributed by atoms with Gasteiger partial charge in [-0.05, 0) is 36.2 Å². The van der Waals surface area contributed by atoms with Crippen LogP contribution in [-0.4, -0.2) is 35.5 Å². The molecule has 3 rings (SSSR count). The van der Waals surface area contributed by atoms with E-state index in [0.717, 1.165) is 10.5 Å². The molecule has 1 aliphatic rings. The van der Waals surface area contributed by atoms with Crippen molar-refractivity contribution in [3.05, 3.63) is 59.7 Å². The largest absolute Gasteiger partial charge is 0.392 e. The minimum atomic E-state index is -3.93. The van der Waals surface area contributed by atoms with Crippen molar-refractivity contribution < 1.29 is 17.9 Å². The van der Waals surface area contributed by atoms with Gasteiger partial charge in [0.1, 0.15) is 22.5 Å². The number of hydrogen-bond acceptors (Lipinski definition) is 5. The molecule has 124 valence electrons. The van der Waals surface area contributed by atoms with Gasteiger partial charge in [-0.3, -0.25) is 0 Å². The lowest BCUT2D eigenvalue weighted by Gasteiger charge is -2.24. The first-order valence-corrected chi connectivity index (χ1v) is 8.67. The third-order valence-corrected chi connectivity index (χ3v) is 5.78. The molecule has 2 atom stereocenters. The lowest BCUT2D eigenvalue weighted by atomic mass is 10.0. The Bertz CT molecular complexity index is 894. The highest BCUT2D eigenvalue weighted by Gasteiger charge is 2.40. The molecule has 0 unspecified atom stereocenters. The molecular formula is C16H14FN3O3S. The fourth-order valence-corrected chi connectivity index (χ4v) is 4.41. The summed E-state index contributed by atoms with van der Waals surface area (Å²) >= 11 is 0. The lowest BCUT2D eigenvalue weighted by Crippen LogP contribution is -2.32. The summed E-state index contributed by atoms with van der Waals surface area (Å²) in [6.07, 6.45) is 0.465. The Hall–Kier alpha value is -2.34. The van der Waals surface area contributed by atoms with E-state index >= 15 is 0 Å². The van der Waals surface area contributed by atoms with Crippen LogP contribution in [0.4, 0.5) is 4.39 Å². The Morgan fingerprint density at radius 1 is 1.33 bits per heavy atom. The van der Waals surface area contributed by atoms with Crippen molar-refractivity contribution in [2.75, 3.05) is 6.54 Å². The van der Waals surface area contributed by atoms with Crippen LogP contribution in [0.2, 0.25) is 0 Å². The number of halogens is 1. The molecule has 6 nitrogen and oxygen atoms in total. The molecule has 1 saturated heterocycles. The number of rotatable bonds is 3. The topological polar surface area (TPSA) is 94.3 Å². The summed E-state index contributed by atoms with van der Waals surface area (Å²) in [5, 5.41) is 18.7. The second-order valence-electron chi connectivity index (χ2n) is 5.53. The van der Waals surface area contributed by atoms with E-state index in [0.29, 0.717) is 5.56 Å². The molecule has 1 fully saturated rings. The number of pyridine rings is 1. The van der Waals surface area contributed by atoms with Gasteiger partial charge in [0, 0.05) is 12.7 Å². The summed E-state index contributed by atoms with van der Waals surface area (Å²) in [5.74, 6) is -0.466. The van der Waals surface area contributed by atoms with Crippen LogP contribution in [0.15, 0.2) is 47.5 Å². The van der Waals surface area contributed by atoms with Gasteiger partial charge in [-0.15, -0.1) is 0 Å². The zero-order chi connectivity index (χ0) is 17.3. The molecule has 2 aromatic rings. The van der Waals surface area contributed by atoms with E-state index in [9.17, 15) is 17.9 Å². The number of sulfonamides is 1. The zero-order valence-corrected chi connectivity index (χ0v) is 13.3. The van der Waals surface area contributed by atoms with E-state index in [1.807, 2.05) is 6.07 Å². The quantitative estimate of drug-likeness (QED) is 0.910. The number of nitrogens with zero attached hydrogens (tertiary/aromatic N) is 3. The van der Waals surface area contributed by atoms with Crippen molar-refractivity contribution in [1.82, 2.24) is 9.29 Å². The summed E-state index contributed by atoms with van der Waals surface area (Å²) in [5.41, 5.74) is 0.591. The molecule has 1 N–H and O–H groups in total. The highest BCUT2D eigenvalue weighted by atomic mass is 32.2. The van der Waals surface area contributed by atoms with E-state index < -0.39 is 28.0 Å². The Kier molecular flexibility index (Phi) is 4.32. The maximum absolute atomic E-state index is 13.5. The molecule has 0 bridgehead atoms. The van der Waals surface area contributed by atoms with E-state index in [1.165, 1.54) is 30.3 Å². The second kappa shape index (κ2) is 6.28. The first-order valence-electron chi connectivity index (χ1n) is 7.23. The van der Waals surface area contributed by atoms with E-state index in [1.54, 1.807) is 6.07 Å². The van der Waals surface area contributed by atoms with Crippen LogP contribution in [0.25, 0.3) is 0 Å². The van der Waals surface area contributed by atoms with E-state index in [4.69, 9.17) is 5.26 Å². The summed E-state index contributed by atoms with van der Waals surface area (Å²) in [7, 11) is -3.93. The van der Waals surface area contributed by atoms with Gasteiger partial charge in [-0.2, -0.15) is 9.57 Å². The van der Waals surface area contributed by atoms with Crippen LogP contribution < -0.4 is 0 Å². The molecule has 24 heavy (non-hydrogen) atoms. The van der Waals surface area contributed by atoms with Gasteiger partial charge in [-0.25, -0.2) is 17.8 Å². The predicted molar refractivity (Wildman–Crippen MR) is 82.6 cm³/mol. The van der Waals surface area contributed by atoms with Gasteiger partial charge >= 0.3 is 0 Å². The van der Waals surface area contributed by atoms with Gasteiger partial charge in [0.15, 0.2) is 0 Å². The SMILES string of the molecule is N#Cc1ccc(S(=O)(=O)N2C[C@H](O)C[C@H]2c2cccc(F)c2)cn1. The van der Waals surface area contributed by atoms with Crippen LogP contribution in [-0.2, 0) is 10.0 Å². The van der Waals surface area contributed by atoms with Gasteiger partial charge in [0.25, 0.3) is 0 Å². The first-order chi connectivity index (χ1) is 11.4. The molecule has 0 aliphatic carbocycles. The van der Waals surface area contributed by atoms with Crippen LogP contribution in [0.3, 0.4) is 0 Å². The highest BCUT2D eigenvalue weighted by Crippen LogP contribution is 2.36. The van der Waals surface area contributed by atoms with Crippen molar-refractivity contribution in [2.24, 2.45) is 0 Å². The molecule has 1 aliphatic heterocycles. The van der Waals surface area contributed by atoms with Crippen molar-refractivity contribution >= 4 is 10.0 Å². The average Bonchev–Trinajstić information content (AvgIpc) is 2.98. The second-order valence-corrected chi connectivity index (χ2v) is 7.42. The summed E-state index contributed by atoms with van der Waals surface area (Å²) in [6.45, 7) is -0.0798. The number of β-amino-alcohol motifs (C(OH)–C–C–N with tert-alkyl or cyclic N) is 1. The fourth-order valence-electron chi connectivity index (χ4n) is 2.80. The Morgan fingerprint density at radius 3 is 2.75 bits per heavy atom. The molecule has 1 aromatic carbocycles. The standard InChI is InChI=1S/C16H14FN3O3S/c17-12-3-1-2-11(6-12)16-7-14(21)10-20(16)24(22,23)15-5-4-13(8-18)19-9-15/h1-6,9,14,16,21H,7,10H2/t14-,16+/m1/s1. The van der Waals surface area contributed by atoms with Crippen LogP contribution in [0.1, 0.15) is 23.7 Å². The van der Waals surface area contributed by atoms with Crippen LogP contribution in [0, 0.1) is 17.1 Å². The Balaban J connectivity index is 1.99. The van der Waals surface area contributed by atoms with Crippen LogP contribution in [0.5, 0.6) is 0 Å². The normalized spacial score (nSPS) is 21.5. The van der Waals surface area contributed by atoms with E-state index in [2.05, 4.69) is 4.98 Å². The van der Waals surface area contributed by atoms with Crippen molar-refractivity contribution in [1.29, 1.82) is 5.26 Å². The molecule has 0 spiro atoms. The van der Waals surface area contributed by atoms with Gasteiger partial charge in [0.05, 0.1) is 12.1 Å². The van der Waals surface area contributed by atoms with Gasteiger partial charge in [-0.1, -0.05) is 12.1 Å². The molecule has 0 saturated carbocycles. The molecule has 0 amide bonds. The molecule has 2 heterocycles. The van der Waals surface area contributed by atoms with Gasteiger partial charge < -0.3 is 5.11 Å². The summed E-state index contributed by atoms with van der Waals surface area (Å²) < 4.78 is 40.3. The van der Waals surface area contributed by atoms with E-state index in [-0.39, 0.29) is 23.6 Å². The van der Waals surface area contributed by atoms with Crippen LogP contribution >= 0.6 is 0 Å². The minimum absolute atomic E-state index is 0.0722. The van der Waals surface area contributed by atoms with Crippen molar-refractivity contribution in [3.8, 4) is 6.07 Å². The average molecular weight is 347 g/mol. The number of nitriles is 1. The maximum Gasteiger partial charge on any atom is 0.245 e. The smallest absolute Gasteiger partial charge is 0.245 e. The number of aromatic nitrogens is 1. The third-order valence-electron chi connectivity index (χ3n) is 3.92. The minimum Gasteiger partial charge on any atom is -0.392 e. The summed E-state index contributed by atoms with van der Waals surface area (Å²) in [4.78, 5) is 3.70. The predicted octanol–water partition coefficient (Wildman–Crippen LogP) is 1.59. The van der Waals surface area contributed by atoms with Crippen molar-refractivity contribution in [3.63, 3.8) is 0 Å². The monoisotopic (exact) mass is 347 g/mol. The Morgan fingerprint density at radius 2 is 2.12 bits per heavy atom. The Labute approximate surface area is 138 Å². The number of benzene rings is 1. The summed E-state index contributed by atoms with van der Waals surface area (Å²) in [6, 6.07) is 9.46. The highest BCUT2D eigenvalue weighted by molar-refractivity contribution is 7.89. The molecule has 0 radical (unpaired) electrons. The van der Waals surface area contributed by atoms with Gasteiger partial charge in [0.2, 0.25) is 10.0 Å². The lowest BCUT2D eigenvalue weighted by molar-refractivity contribution is 0.188. The first kappa shape index (κ1) is 16.5. The number of hydrogen-bond donors (Lipinski definition) is 1. The molecule has 1 aromatic heterocycles. The number of aliphatic hydroxyl groups excluding tert-OH is 1. The molecule has 8 heteroatoms.